The second-order valence-electron chi connectivity index (χ2n) is 4.52. The lowest BCUT2D eigenvalue weighted by Crippen LogP contribution is -2.03. The first-order chi connectivity index (χ1) is 9.99. The third-order valence-corrected chi connectivity index (χ3v) is 3.13. The Hall–Kier alpha value is -2.34. The van der Waals surface area contributed by atoms with Gasteiger partial charge < -0.3 is 9.52 Å². The summed E-state index contributed by atoms with van der Waals surface area (Å²) in [6.07, 6.45) is -4.37. The Kier molecular flexibility index (Phi) is 3.17. The second kappa shape index (κ2) is 4.89. The highest BCUT2D eigenvalue weighted by molar-refractivity contribution is 5.79. The van der Waals surface area contributed by atoms with Crippen LogP contribution in [0.2, 0.25) is 0 Å². The quantitative estimate of drug-likeness (QED) is 0.776. The Morgan fingerprint density at radius 2 is 1.76 bits per heavy atom. The lowest BCUT2D eigenvalue weighted by atomic mass is 10.1. The molecule has 0 radical (unpaired) electrons. The number of aromatic nitrogens is 1. The monoisotopic (exact) mass is 293 g/mol. The number of benzene rings is 2. The summed E-state index contributed by atoms with van der Waals surface area (Å²) < 4.78 is 43.1. The number of alkyl halides is 3. The van der Waals surface area contributed by atoms with Crippen LogP contribution in [0.5, 0.6) is 0 Å². The van der Waals surface area contributed by atoms with Crippen LogP contribution in [0.4, 0.5) is 13.2 Å². The van der Waals surface area contributed by atoms with Gasteiger partial charge in [0, 0.05) is 11.1 Å². The Bertz CT molecular complexity index is 776. The van der Waals surface area contributed by atoms with Crippen molar-refractivity contribution in [2.45, 2.75) is 12.8 Å². The molecule has 0 aliphatic carbocycles. The molecule has 0 aliphatic rings. The van der Waals surface area contributed by atoms with Gasteiger partial charge >= 0.3 is 6.18 Å². The van der Waals surface area contributed by atoms with E-state index < -0.39 is 11.7 Å². The zero-order chi connectivity index (χ0) is 15.0. The van der Waals surface area contributed by atoms with Crippen LogP contribution in [0, 0.1) is 0 Å². The summed E-state index contributed by atoms with van der Waals surface area (Å²) in [6, 6.07) is 9.73. The highest BCUT2D eigenvalue weighted by Crippen LogP contribution is 2.32. The van der Waals surface area contributed by atoms with Crippen molar-refractivity contribution in [2.75, 3.05) is 0 Å². The molecule has 2 aromatic carbocycles. The van der Waals surface area contributed by atoms with Gasteiger partial charge in [-0.3, -0.25) is 0 Å². The fraction of sp³-hybridized carbons (Fsp3) is 0.133. The summed E-state index contributed by atoms with van der Waals surface area (Å²) >= 11 is 0. The van der Waals surface area contributed by atoms with Crippen LogP contribution < -0.4 is 0 Å². The SMILES string of the molecule is OCc1cccc2nc(-c3ccc(C(F)(F)F)cc3)oc12. The van der Waals surface area contributed by atoms with Gasteiger partial charge in [0.15, 0.2) is 5.58 Å². The van der Waals surface area contributed by atoms with Crippen molar-refractivity contribution in [3.63, 3.8) is 0 Å². The molecule has 0 saturated carbocycles. The van der Waals surface area contributed by atoms with E-state index in [9.17, 15) is 18.3 Å². The van der Waals surface area contributed by atoms with Gasteiger partial charge in [0.25, 0.3) is 0 Å². The van der Waals surface area contributed by atoms with Crippen LogP contribution in [0.15, 0.2) is 46.9 Å². The standard InChI is InChI=1S/C15H10F3NO2/c16-15(17,18)11-6-4-9(5-7-11)14-19-12-3-1-2-10(8-20)13(12)21-14/h1-7,20H,8H2. The number of hydrogen-bond acceptors (Lipinski definition) is 3. The van der Waals surface area contributed by atoms with Crippen molar-refractivity contribution in [1.29, 1.82) is 0 Å². The zero-order valence-electron chi connectivity index (χ0n) is 10.7. The largest absolute Gasteiger partial charge is 0.436 e. The molecule has 1 aromatic heterocycles. The van der Waals surface area contributed by atoms with E-state index in [1.165, 1.54) is 12.1 Å². The van der Waals surface area contributed by atoms with E-state index in [2.05, 4.69) is 4.98 Å². The van der Waals surface area contributed by atoms with Crippen LogP contribution >= 0.6 is 0 Å². The molecule has 3 rings (SSSR count). The lowest BCUT2D eigenvalue weighted by molar-refractivity contribution is -0.137. The maximum absolute atomic E-state index is 12.5. The molecule has 3 nitrogen and oxygen atoms in total. The molecule has 0 unspecified atom stereocenters. The van der Waals surface area contributed by atoms with Crippen LogP contribution in [0.1, 0.15) is 11.1 Å². The number of hydrogen-bond donors (Lipinski definition) is 1. The molecule has 1 N–H and O–H groups in total. The van der Waals surface area contributed by atoms with E-state index >= 15 is 0 Å². The molecule has 0 bridgehead atoms. The number of para-hydroxylation sites is 1. The molecular weight excluding hydrogens is 283 g/mol. The Balaban J connectivity index is 2.04. The Morgan fingerprint density at radius 3 is 2.38 bits per heavy atom. The van der Waals surface area contributed by atoms with Crippen LogP contribution in [0.3, 0.4) is 0 Å². The van der Waals surface area contributed by atoms with Gasteiger partial charge in [0.05, 0.1) is 12.2 Å². The first kappa shape index (κ1) is 13.6. The van der Waals surface area contributed by atoms with Crippen molar-refractivity contribution >= 4 is 11.1 Å². The van der Waals surface area contributed by atoms with Crippen molar-refractivity contribution in [1.82, 2.24) is 4.98 Å². The maximum Gasteiger partial charge on any atom is 0.416 e. The van der Waals surface area contributed by atoms with E-state index in [1.54, 1.807) is 18.2 Å². The molecule has 21 heavy (non-hydrogen) atoms. The molecule has 0 fully saturated rings. The third-order valence-electron chi connectivity index (χ3n) is 3.13. The molecule has 1 heterocycles. The summed E-state index contributed by atoms with van der Waals surface area (Å²) in [4.78, 5) is 4.22. The minimum atomic E-state index is -4.37. The predicted molar refractivity (Wildman–Crippen MR) is 70.4 cm³/mol. The average molecular weight is 293 g/mol. The molecule has 0 spiro atoms. The van der Waals surface area contributed by atoms with Gasteiger partial charge in [-0.05, 0) is 30.3 Å². The number of fused-ring (bicyclic) bond motifs is 1. The van der Waals surface area contributed by atoms with E-state index in [4.69, 9.17) is 4.42 Å². The van der Waals surface area contributed by atoms with Gasteiger partial charge in [-0.1, -0.05) is 12.1 Å². The minimum Gasteiger partial charge on any atom is -0.436 e. The van der Waals surface area contributed by atoms with Gasteiger partial charge in [-0.2, -0.15) is 13.2 Å². The summed E-state index contributed by atoms with van der Waals surface area (Å²) in [6.45, 7) is -0.195. The lowest BCUT2D eigenvalue weighted by Gasteiger charge is -2.05. The van der Waals surface area contributed by atoms with Crippen LogP contribution in [-0.2, 0) is 12.8 Å². The number of aliphatic hydroxyl groups excluding tert-OH is 1. The normalized spacial score (nSPS) is 12.0. The summed E-state index contributed by atoms with van der Waals surface area (Å²) in [7, 11) is 0. The molecule has 6 heteroatoms. The van der Waals surface area contributed by atoms with Crippen molar-refractivity contribution in [3.05, 3.63) is 53.6 Å². The number of rotatable bonds is 2. The summed E-state index contributed by atoms with van der Waals surface area (Å²) in [5.74, 6) is 0.222. The van der Waals surface area contributed by atoms with Crippen LogP contribution in [0.25, 0.3) is 22.6 Å². The molecule has 0 saturated heterocycles. The van der Waals surface area contributed by atoms with Gasteiger partial charge in [-0.25, -0.2) is 4.98 Å². The minimum absolute atomic E-state index is 0.195. The molecule has 0 amide bonds. The van der Waals surface area contributed by atoms with Gasteiger partial charge in [-0.15, -0.1) is 0 Å². The van der Waals surface area contributed by atoms with Gasteiger partial charge in [0.1, 0.15) is 5.52 Å². The highest BCUT2D eigenvalue weighted by atomic mass is 19.4. The number of aliphatic hydroxyl groups is 1. The van der Waals surface area contributed by atoms with E-state index in [0.29, 0.717) is 22.2 Å². The first-order valence-electron chi connectivity index (χ1n) is 6.16. The number of halogens is 3. The Labute approximate surface area is 117 Å². The molecule has 0 atom stereocenters. The summed E-state index contributed by atoms with van der Waals surface area (Å²) in [5, 5.41) is 9.23. The van der Waals surface area contributed by atoms with Gasteiger partial charge in [0.2, 0.25) is 5.89 Å². The topological polar surface area (TPSA) is 46.3 Å². The van der Waals surface area contributed by atoms with E-state index in [-0.39, 0.29) is 12.5 Å². The Morgan fingerprint density at radius 1 is 1.05 bits per heavy atom. The van der Waals surface area contributed by atoms with Crippen LogP contribution in [-0.4, -0.2) is 10.1 Å². The molecule has 0 aliphatic heterocycles. The maximum atomic E-state index is 12.5. The number of oxazole rings is 1. The smallest absolute Gasteiger partial charge is 0.416 e. The fourth-order valence-corrected chi connectivity index (χ4v) is 2.06. The zero-order valence-corrected chi connectivity index (χ0v) is 10.7. The first-order valence-corrected chi connectivity index (χ1v) is 6.16. The van der Waals surface area contributed by atoms with E-state index in [1.807, 2.05) is 0 Å². The molecule has 3 aromatic rings. The molecular formula is C15H10F3NO2. The van der Waals surface area contributed by atoms with Crippen molar-refractivity contribution in [3.8, 4) is 11.5 Å². The number of nitrogens with zero attached hydrogens (tertiary/aromatic N) is 1. The average Bonchev–Trinajstić information content (AvgIpc) is 2.90. The fourth-order valence-electron chi connectivity index (χ4n) is 2.06. The third kappa shape index (κ3) is 2.50. The highest BCUT2D eigenvalue weighted by Gasteiger charge is 2.30. The van der Waals surface area contributed by atoms with Crippen molar-refractivity contribution < 1.29 is 22.7 Å². The van der Waals surface area contributed by atoms with E-state index in [0.717, 1.165) is 12.1 Å². The summed E-state index contributed by atoms with van der Waals surface area (Å²) in [5.41, 5.74) is 1.30. The molecule has 108 valence electrons. The van der Waals surface area contributed by atoms with Crippen molar-refractivity contribution in [2.24, 2.45) is 0 Å². The second-order valence-corrected chi connectivity index (χ2v) is 4.52. The predicted octanol–water partition coefficient (Wildman–Crippen LogP) is 4.01.